The molecule has 1 unspecified atom stereocenters. The minimum atomic E-state index is -0.0480. The van der Waals surface area contributed by atoms with Gasteiger partial charge in [-0.15, -0.1) is 0 Å². The molecule has 0 aliphatic heterocycles. The van der Waals surface area contributed by atoms with Crippen molar-refractivity contribution in [1.29, 1.82) is 0 Å². The quantitative estimate of drug-likeness (QED) is 0.642. The molecule has 0 saturated carbocycles. The van der Waals surface area contributed by atoms with Gasteiger partial charge in [-0.05, 0) is 44.0 Å². The van der Waals surface area contributed by atoms with Crippen LogP contribution in [0.15, 0.2) is 60.8 Å². The molecule has 122 valence electrons. The van der Waals surface area contributed by atoms with Crippen molar-refractivity contribution in [2.75, 3.05) is 0 Å². The van der Waals surface area contributed by atoms with Crippen LogP contribution in [0.4, 0.5) is 0 Å². The number of aldehydes is 1. The number of carbonyl (C=O) groups is 1. The molecule has 1 heterocycles. The van der Waals surface area contributed by atoms with E-state index < -0.39 is 0 Å². The molecule has 0 saturated heterocycles. The van der Waals surface area contributed by atoms with E-state index in [0.717, 1.165) is 24.1 Å². The van der Waals surface area contributed by atoms with Crippen molar-refractivity contribution in [2.45, 2.75) is 26.7 Å². The highest BCUT2D eigenvalue weighted by molar-refractivity contribution is 5.55. The zero-order valence-electron chi connectivity index (χ0n) is 14.1. The first-order valence-electron chi connectivity index (χ1n) is 8.26. The van der Waals surface area contributed by atoms with E-state index in [2.05, 4.69) is 61.4 Å². The van der Waals surface area contributed by atoms with E-state index in [4.69, 9.17) is 0 Å². The number of nitrogens with zero attached hydrogens (tertiary/aromatic N) is 2. The Kier molecular flexibility index (Phi) is 4.90. The van der Waals surface area contributed by atoms with E-state index in [0.29, 0.717) is 6.42 Å². The number of carbonyl (C=O) groups excluding carboxylic acids is 1. The summed E-state index contributed by atoms with van der Waals surface area (Å²) in [5, 5.41) is 4.61. The minimum absolute atomic E-state index is 0.0480. The summed E-state index contributed by atoms with van der Waals surface area (Å²) in [6.07, 6.45) is 4.42. The second-order valence-corrected chi connectivity index (χ2v) is 6.38. The van der Waals surface area contributed by atoms with E-state index >= 15 is 0 Å². The molecule has 0 spiro atoms. The lowest BCUT2D eigenvalue weighted by Crippen LogP contribution is -2.10. The molecule has 0 aliphatic rings. The molecule has 1 aromatic heterocycles. The van der Waals surface area contributed by atoms with Crippen LogP contribution in [0, 0.1) is 19.8 Å². The number of aromatic nitrogens is 2. The zero-order valence-corrected chi connectivity index (χ0v) is 14.1. The Morgan fingerprint density at radius 2 is 1.79 bits per heavy atom. The van der Waals surface area contributed by atoms with Crippen molar-refractivity contribution in [3.63, 3.8) is 0 Å². The van der Waals surface area contributed by atoms with Crippen molar-refractivity contribution in [2.24, 2.45) is 5.92 Å². The Morgan fingerprint density at radius 3 is 2.50 bits per heavy atom. The molecule has 2 aromatic carbocycles. The van der Waals surface area contributed by atoms with Gasteiger partial charge in [-0.2, -0.15) is 5.10 Å². The maximum Gasteiger partial charge on any atom is 0.123 e. The molecule has 1 atom stereocenters. The average Bonchev–Trinajstić information content (AvgIpc) is 3.03. The van der Waals surface area contributed by atoms with Crippen molar-refractivity contribution >= 4 is 6.29 Å². The van der Waals surface area contributed by atoms with E-state index in [1.54, 1.807) is 0 Å². The highest BCUT2D eigenvalue weighted by atomic mass is 16.1. The number of benzene rings is 2. The van der Waals surface area contributed by atoms with Crippen LogP contribution in [-0.4, -0.2) is 16.1 Å². The van der Waals surface area contributed by atoms with Crippen LogP contribution in [0.2, 0.25) is 0 Å². The third-order valence-corrected chi connectivity index (χ3v) is 4.19. The van der Waals surface area contributed by atoms with E-state index in [9.17, 15) is 4.79 Å². The molecule has 0 radical (unpaired) electrons. The lowest BCUT2D eigenvalue weighted by atomic mass is 9.95. The molecule has 3 rings (SSSR count). The summed E-state index contributed by atoms with van der Waals surface area (Å²) in [6, 6.07) is 18.6. The van der Waals surface area contributed by atoms with E-state index in [1.165, 1.54) is 16.7 Å². The fourth-order valence-corrected chi connectivity index (χ4v) is 2.89. The van der Waals surface area contributed by atoms with Crippen LogP contribution in [0.25, 0.3) is 5.69 Å². The van der Waals surface area contributed by atoms with Crippen molar-refractivity contribution in [1.82, 2.24) is 9.78 Å². The first-order valence-corrected chi connectivity index (χ1v) is 8.26. The molecule has 0 aliphatic carbocycles. The van der Waals surface area contributed by atoms with Crippen molar-refractivity contribution < 1.29 is 4.79 Å². The van der Waals surface area contributed by atoms with Gasteiger partial charge in [0.2, 0.25) is 0 Å². The van der Waals surface area contributed by atoms with Gasteiger partial charge in [-0.25, -0.2) is 4.68 Å². The molecular weight excluding hydrogens is 296 g/mol. The molecular formula is C21H22N2O. The van der Waals surface area contributed by atoms with Crippen LogP contribution < -0.4 is 0 Å². The Bertz CT molecular complexity index is 818. The maximum atomic E-state index is 11.5. The van der Waals surface area contributed by atoms with Crippen molar-refractivity contribution in [3.8, 4) is 5.69 Å². The summed E-state index contributed by atoms with van der Waals surface area (Å²) in [6.45, 7) is 4.14. The lowest BCUT2D eigenvalue weighted by molar-refractivity contribution is -0.111. The molecule has 24 heavy (non-hydrogen) atoms. The van der Waals surface area contributed by atoms with Crippen LogP contribution in [0.5, 0.6) is 0 Å². The van der Waals surface area contributed by atoms with E-state index in [1.807, 2.05) is 23.0 Å². The van der Waals surface area contributed by atoms with Crippen molar-refractivity contribution in [3.05, 3.63) is 83.2 Å². The fourth-order valence-electron chi connectivity index (χ4n) is 2.89. The summed E-state index contributed by atoms with van der Waals surface area (Å²) in [5.74, 6) is -0.0480. The minimum Gasteiger partial charge on any atom is -0.303 e. The molecule has 0 N–H and O–H groups in total. The van der Waals surface area contributed by atoms with Gasteiger partial charge in [-0.1, -0.05) is 47.5 Å². The Morgan fingerprint density at radius 1 is 1.00 bits per heavy atom. The molecule has 0 amide bonds. The Labute approximate surface area is 143 Å². The molecule has 3 aromatic rings. The topological polar surface area (TPSA) is 34.9 Å². The molecule has 0 fully saturated rings. The van der Waals surface area contributed by atoms with Gasteiger partial charge in [0.25, 0.3) is 0 Å². The number of hydrogen-bond donors (Lipinski definition) is 0. The third kappa shape index (κ3) is 3.99. The third-order valence-electron chi connectivity index (χ3n) is 4.19. The molecule has 0 bridgehead atoms. The first-order chi connectivity index (χ1) is 11.6. The number of hydrogen-bond acceptors (Lipinski definition) is 2. The van der Waals surface area contributed by atoms with E-state index in [-0.39, 0.29) is 5.92 Å². The second-order valence-electron chi connectivity index (χ2n) is 6.38. The van der Waals surface area contributed by atoms with Gasteiger partial charge in [-0.3, -0.25) is 0 Å². The summed E-state index contributed by atoms with van der Waals surface area (Å²) in [4.78, 5) is 11.5. The maximum absolute atomic E-state index is 11.5. The molecule has 3 nitrogen and oxygen atoms in total. The van der Waals surface area contributed by atoms with Crippen LogP contribution in [0.3, 0.4) is 0 Å². The predicted octanol–water partition coefficient (Wildman–Crippen LogP) is 4.09. The van der Waals surface area contributed by atoms with Crippen LogP contribution in [-0.2, 0) is 17.6 Å². The normalized spacial score (nSPS) is 12.1. The van der Waals surface area contributed by atoms with Gasteiger partial charge in [0.05, 0.1) is 11.4 Å². The smallest absolute Gasteiger partial charge is 0.123 e. The van der Waals surface area contributed by atoms with Crippen LogP contribution in [0.1, 0.15) is 22.4 Å². The molecule has 3 heteroatoms. The number of aryl methyl sites for hydroxylation is 2. The number of rotatable bonds is 6. The van der Waals surface area contributed by atoms with Gasteiger partial charge >= 0.3 is 0 Å². The van der Waals surface area contributed by atoms with Gasteiger partial charge in [0, 0.05) is 18.5 Å². The second kappa shape index (κ2) is 7.26. The fraction of sp³-hybridized carbons (Fsp3) is 0.238. The van der Waals surface area contributed by atoms with Gasteiger partial charge < -0.3 is 4.79 Å². The lowest BCUT2D eigenvalue weighted by Gasteiger charge is -2.09. The Hall–Kier alpha value is -2.68. The Balaban J connectivity index is 1.70. The van der Waals surface area contributed by atoms with Gasteiger partial charge in [0.1, 0.15) is 6.29 Å². The predicted molar refractivity (Wildman–Crippen MR) is 96.4 cm³/mol. The van der Waals surface area contributed by atoms with Gasteiger partial charge in [0.15, 0.2) is 0 Å². The standard InChI is InChI=1S/C21H22N2O/c1-16-6-8-21(9-7-16)23-11-10-20(22-23)14-19(15-24)13-18-5-3-4-17(2)12-18/h3-12,15,19H,13-14H2,1-2H3. The largest absolute Gasteiger partial charge is 0.303 e. The summed E-state index contributed by atoms with van der Waals surface area (Å²) >= 11 is 0. The summed E-state index contributed by atoms with van der Waals surface area (Å²) in [5.41, 5.74) is 5.63. The summed E-state index contributed by atoms with van der Waals surface area (Å²) in [7, 11) is 0. The monoisotopic (exact) mass is 318 g/mol. The highest BCUT2D eigenvalue weighted by Gasteiger charge is 2.12. The SMILES string of the molecule is Cc1ccc(-n2ccc(CC(C=O)Cc3cccc(C)c3)n2)cc1. The van der Waals surface area contributed by atoms with Crippen LogP contribution >= 0.6 is 0 Å². The first kappa shape index (κ1) is 16.2. The zero-order chi connectivity index (χ0) is 16.9. The summed E-state index contributed by atoms with van der Waals surface area (Å²) < 4.78 is 1.86. The highest BCUT2D eigenvalue weighted by Crippen LogP contribution is 2.15. The average molecular weight is 318 g/mol.